The van der Waals surface area contributed by atoms with Crippen molar-refractivity contribution in [3.63, 3.8) is 0 Å². The summed E-state index contributed by atoms with van der Waals surface area (Å²) in [6, 6.07) is 11.4. The van der Waals surface area contributed by atoms with Gasteiger partial charge in [0.1, 0.15) is 12.0 Å². The molecule has 9 heteroatoms. The molecule has 1 atom stereocenters. The third kappa shape index (κ3) is 5.24. The van der Waals surface area contributed by atoms with Crippen LogP contribution in [0.25, 0.3) is 28.1 Å². The lowest BCUT2D eigenvalue weighted by Crippen LogP contribution is -2.36. The first-order valence-electron chi connectivity index (χ1n) is 14.6. The fourth-order valence-corrected chi connectivity index (χ4v) is 6.18. The second-order valence-corrected chi connectivity index (χ2v) is 11.5. The number of carbonyl (C=O) groups excluding carboxylic acids is 1. The first-order chi connectivity index (χ1) is 19.4. The fraction of sp³-hybridized carbons (Fsp3) is 0.484. The van der Waals surface area contributed by atoms with Crippen molar-refractivity contribution in [2.45, 2.75) is 64.2 Å². The highest BCUT2D eigenvalue weighted by Crippen LogP contribution is 2.32. The van der Waals surface area contributed by atoms with E-state index in [1.807, 2.05) is 40.9 Å². The number of hydrogen-bond donors (Lipinski definition) is 2. The van der Waals surface area contributed by atoms with E-state index in [0.717, 1.165) is 67.8 Å². The van der Waals surface area contributed by atoms with Crippen molar-refractivity contribution in [1.82, 2.24) is 29.5 Å². The zero-order chi connectivity index (χ0) is 27.8. The van der Waals surface area contributed by atoms with Crippen LogP contribution in [0.3, 0.4) is 0 Å². The van der Waals surface area contributed by atoms with Gasteiger partial charge in [-0.2, -0.15) is 0 Å². The lowest BCUT2D eigenvalue weighted by Gasteiger charge is -2.28. The van der Waals surface area contributed by atoms with E-state index in [1.165, 1.54) is 0 Å². The number of piperidine rings is 1. The molecule has 2 aliphatic rings. The third-order valence-electron chi connectivity index (χ3n) is 8.36. The number of nitrogens with zero attached hydrogens (tertiary/aromatic N) is 4. The maximum atomic E-state index is 15.2. The van der Waals surface area contributed by atoms with Crippen molar-refractivity contribution in [3.8, 4) is 11.3 Å². The number of likely N-dealkylation sites (tertiary alicyclic amines) is 1. The zero-order valence-corrected chi connectivity index (χ0v) is 23.3. The number of hydrogen-bond acceptors (Lipinski definition) is 4. The predicted molar refractivity (Wildman–Crippen MR) is 154 cm³/mol. The molecule has 1 unspecified atom stereocenters. The van der Waals surface area contributed by atoms with Gasteiger partial charge >= 0.3 is 0 Å². The number of fused-ring (bicyclic) bond motifs is 3. The van der Waals surface area contributed by atoms with E-state index in [2.05, 4.69) is 33.9 Å². The van der Waals surface area contributed by atoms with Crippen molar-refractivity contribution in [2.24, 2.45) is 0 Å². The Bertz CT molecular complexity index is 1510. The van der Waals surface area contributed by atoms with Crippen molar-refractivity contribution in [2.75, 3.05) is 32.7 Å². The minimum Gasteiger partial charge on any atom is -0.352 e. The standard InChI is InChI=1S/C31H38F2N6O/c1-20(2)39-29-18-22(30(40)35-13-4-14-37-15-10-23(32)11-16-37)7-9-28(29)38-19-27(36-31(38)39)24-8-6-21(17-25(24)33)26-5-3-12-34-26/h6-9,17-20,23,26,34H,3-5,10-16H2,1-2H3,(H,35,40). The van der Waals surface area contributed by atoms with Gasteiger partial charge in [0.2, 0.25) is 5.78 Å². The molecular formula is C31H38F2N6O. The molecule has 4 heterocycles. The highest BCUT2D eigenvalue weighted by Gasteiger charge is 2.22. The van der Waals surface area contributed by atoms with Crippen molar-refractivity contribution >= 4 is 22.7 Å². The summed E-state index contributed by atoms with van der Waals surface area (Å²) in [6.07, 6.45) is 5.39. The van der Waals surface area contributed by atoms with Crippen LogP contribution in [0.2, 0.25) is 0 Å². The molecule has 7 nitrogen and oxygen atoms in total. The predicted octanol–water partition coefficient (Wildman–Crippen LogP) is 5.65. The molecule has 0 radical (unpaired) electrons. The molecule has 40 heavy (non-hydrogen) atoms. The first kappa shape index (κ1) is 26.9. The summed E-state index contributed by atoms with van der Waals surface area (Å²) >= 11 is 0. The molecule has 0 bridgehead atoms. The van der Waals surface area contributed by atoms with Crippen LogP contribution in [0.4, 0.5) is 8.78 Å². The van der Waals surface area contributed by atoms with Crippen LogP contribution in [0.15, 0.2) is 42.6 Å². The van der Waals surface area contributed by atoms with Gasteiger partial charge < -0.3 is 20.1 Å². The average Bonchev–Trinajstić information content (AvgIpc) is 3.68. The maximum absolute atomic E-state index is 15.2. The molecule has 2 aromatic heterocycles. The summed E-state index contributed by atoms with van der Waals surface area (Å²) in [5.74, 6) is 0.340. The molecule has 2 N–H and O–H groups in total. The van der Waals surface area contributed by atoms with Crippen molar-refractivity contribution in [3.05, 3.63) is 59.5 Å². The SMILES string of the molecule is CC(C)n1c2cc(C(=O)NCCCN3CCC(F)CC3)ccc2n2cc(-c3ccc(C4CCCN4)cc3F)nc12. The Balaban J connectivity index is 1.21. The van der Waals surface area contributed by atoms with Crippen LogP contribution in [0.1, 0.15) is 74.0 Å². The molecule has 1 amide bonds. The van der Waals surface area contributed by atoms with Gasteiger partial charge in [-0.05, 0) is 94.9 Å². The quantitative estimate of drug-likeness (QED) is 0.279. The number of imidazole rings is 2. The lowest BCUT2D eigenvalue weighted by atomic mass is 10.0. The Labute approximate surface area is 233 Å². The van der Waals surface area contributed by atoms with E-state index in [1.54, 1.807) is 6.07 Å². The number of rotatable bonds is 8. The largest absolute Gasteiger partial charge is 0.352 e. The second-order valence-electron chi connectivity index (χ2n) is 11.5. The highest BCUT2D eigenvalue weighted by molar-refractivity contribution is 5.98. The third-order valence-corrected chi connectivity index (χ3v) is 8.36. The highest BCUT2D eigenvalue weighted by atomic mass is 19.1. The van der Waals surface area contributed by atoms with Crippen LogP contribution < -0.4 is 10.6 Å². The number of aromatic nitrogens is 3. The fourth-order valence-electron chi connectivity index (χ4n) is 6.18. The number of amides is 1. The van der Waals surface area contributed by atoms with Gasteiger partial charge in [-0.15, -0.1) is 0 Å². The van der Waals surface area contributed by atoms with Gasteiger partial charge in [-0.3, -0.25) is 9.20 Å². The molecular weight excluding hydrogens is 510 g/mol. The Morgan fingerprint density at radius 1 is 1.12 bits per heavy atom. The Morgan fingerprint density at radius 3 is 2.67 bits per heavy atom. The van der Waals surface area contributed by atoms with Crippen LogP contribution in [-0.4, -0.2) is 63.7 Å². The molecule has 0 spiro atoms. The topological polar surface area (TPSA) is 66.6 Å². The van der Waals surface area contributed by atoms with Gasteiger partial charge in [-0.25, -0.2) is 13.8 Å². The molecule has 2 aliphatic heterocycles. The van der Waals surface area contributed by atoms with E-state index in [0.29, 0.717) is 36.2 Å². The smallest absolute Gasteiger partial charge is 0.251 e. The van der Waals surface area contributed by atoms with Crippen molar-refractivity contribution in [1.29, 1.82) is 0 Å². The van der Waals surface area contributed by atoms with E-state index in [4.69, 9.17) is 4.98 Å². The molecule has 2 aromatic carbocycles. The van der Waals surface area contributed by atoms with Gasteiger partial charge in [0, 0.05) is 49.0 Å². The van der Waals surface area contributed by atoms with Gasteiger partial charge in [0.25, 0.3) is 5.91 Å². The van der Waals surface area contributed by atoms with E-state index >= 15 is 4.39 Å². The second kappa shape index (κ2) is 11.3. The zero-order valence-electron chi connectivity index (χ0n) is 23.3. The Kier molecular flexibility index (Phi) is 7.59. The summed E-state index contributed by atoms with van der Waals surface area (Å²) in [5.41, 5.74) is 4.48. The van der Waals surface area contributed by atoms with Gasteiger partial charge in [0.15, 0.2) is 0 Å². The number of carbonyl (C=O) groups is 1. The van der Waals surface area contributed by atoms with Crippen LogP contribution in [-0.2, 0) is 0 Å². The number of halogens is 2. The number of nitrogens with one attached hydrogen (secondary N) is 2. The molecule has 2 fully saturated rings. The summed E-state index contributed by atoms with van der Waals surface area (Å²) < 4.78 is 32.7. The summed E-state index contributed by atoms with van der Waals surface area (Å²) in [4.78, 5) is 20.1. The molecule has 0 saturated carbocycles. The number of benzene rings is 2. The monoisotopic (exact) mass is 548 g/mol. The Hall–Kier alpha value is -3.30. The van der Waals surface area contributed by atoms with E-state index in [9.17, 15) is 9.18 Å². The number of alkyl halides is 1. The lowest BCUT2D eigenvalue weighted by molar-refractivity contribution is 0.0950. The maximum Gasteiger partial charge on any atom is 0.251 e. The Morgan fingerprint density at radius 2 is 1.95 bits per heavy atom. The first-order valence-corrected chi connectivity index (χ1v) is 14.6. The van der Waals surface area contributed by atoms with E-state index in [-0.39, 0.29) is 23.8 Å². The van der Waals surface area contributed by atoms with Gasteiger partial charge in [-0.1, -0.05) is 6.07 Å². The average molecular weight is 549 g/mol. The summed E-state index contributed by atoms with van der Waals surface area (Å²) in [5, 5.41) is 6.46. The van der Waals surface area contributed by atoms with Crippen LogP contribution in [0.5, 0.6) is 0 Å². The summed E-state index contributed by atoms with van der Waals surface area (Å²) in [7, 11) is 0. The van der Waals surface area contributed by atoms with E-state index < -0.39 is 6.17 Å². The minimum absolute atomic E-state index is 0.0858. The molecule has 0 aliphatic carbocycles. The minimum atomic E-state index is -0.670. The van der Waals surface area contributed by atoms with Crippen LogP contribution in [0, 0.1) is 5.82 Å². The molecule has 4 aromatic rings. The van der Waals surface area contributed by atoms with Crippen LogP contribution >= 0.6 is 0 Å². The molecule has 2 saturated heterocycles. The normalized spacial score (nSPS) is 18.9. The molecule has 6 rings (SSSR count). The van der Waals surface area contributed by atoms with Crippen molar-refractivity contribution < 1.29 is 13.6 Å². The van der Waals surface area contributed by atoms with Gasteiger partial charge in [0.05, 0.1) is 16.7 Å². The molecule has 212 valence electrons. The summed E-state index contributed by atoms with van der Waals surface area (Å²) in [6.45, 7) is 8.15.